The summed E-state index contributed by atoms with van der Waals surface area (Å²) in [6.45, 7) is 1.70. The average Bonchev–Trinajstić information content (AvgIpc) is 2.48. The van der Waals surface area contributed by atoms with Gasteiger partial charge in [0.15, 0.2) is 5.78 Å². The smallest absolute Gasteiger partial charge is 0.280 e. The molecule has 0 saturated heterocycles. The summed E-state index contributed by atoms with van der Waals surface area (Å²) < 4.78 is 0. The van der Waals surface area contributed by atoms with E-state index in [0.29, 0.717) is 11.1 Å². The molecule has 0 aliphatic carbocycles. The van der Waals surface area contributed by atoms with E-state index in [1.54, 1.807) is 49.4 Å². The molecule has 108 valence electrons. The number of hydrogen-bond donors (Lipinski definition) is 1. The van der Waals surface area contributed by atoms with Crippen molar-refractivity contribution in [2.45, 2.75) is 6.92 Å². The number of ketones is 1. The topological polar surface area (TPSA) is 103 Å². The van der Waals surface area contributed by atoms with Gasteiger partial charge in [0.25, 0.3) is 5.69 Å². The second kappa shape index (κ2) is 7.54. The van der Waals surface area contributed by atoms with Gasteiger partial charge in [-0.15, -0.1) is 0 Å². The minimum atomic E-state index is -0.525. The van der Waals surface area contributed by atoms with Crippen LogP contribution in [0.25, 0.3) is 0 Å². The minimum Gasteiger partial charge on any atom is -0.372 e. The number of primary amides is 1. The summed E-state index contributed by atoms with van der Waals surface area (Å²) in [5.41, 5.74) is 5.24. The van der Waals surface area contributed by atoms with Crippen LogP contribution in [0.5, 0.6) is 0 Å². The van der Waals surface area contributed by atoms with E-state index >= 15 is 0 Å². The van der Waals surface area contributed by atoms with Crippen molar-refractivity contribution < 1.29 is 14.5 Å². The van der Waals surface area contributed by atoms with E-state index < -0.39 is 4.92 Å². The second-order valence-electron chi connectivity index (χ2n) is 4.06. The van der Waals surface area contributed by atoms with Gasteiger partial charge in [0.2, 0.25) is 6.41 Å². The maximum atomic E-state index is 12.3. The molecule has 0 aliphatic rings. The van der Waals surface area contributed by atoms with Gasteiger partial charge in [-0.3, -0.25) is 19.7 Å². The number of carbonyl (C=O) groups is 2. The molecular weight excluding hydrogens is 272 g/mol. The molecule has 2 aromatic carbocycles. The molecule has 6 nitrogen and oxygen atoms in total. The Morgan fingerprint density at radius 1 is 1.14 bits per heavy atom. The van der Waals surface area contributed by atoms with Crippen molar-refractivity contribution >= 4 is 17.9 Å². The zero-order chi connectivity index (χ0) is 15.8. The Morgan fingerprint density at radius 2 is 1.71 bits per heavy atom. The number of aryl methyl sites for hydroxylation is 1. The van der Waals surface area contributed by atoms with Crippen molar-refractivity contribution in [3.05, 3.63) is 75.3 Å². The number of amides is 1. The molecule has 0 heterocycles. The lowest BCUT2D eigenvalue weighted by Gasteiger charge is -2.05. The third-order valence-electron chi connectivity index (χ3n) is 2.71. The maximum Gasteiger partial charge on any atom is 0.280 e. The van der Waals surface area contributed by atoms with Crippen LogP contribution in [0.2, 0.25) is 0 Å². The Hall–Kier alpha value is -3.02. The number of benzene rings is 2. The Balaban J connectivity index is 0.000000677. The predicted molar refractivity (Wildman–Crippen MR) is 78.0 cm³/mol. The fourth-order valence-corrected chi connectivity index (χ4v) is 1.83. The molecule has 0 atom stereocenters. The number of nitrogens with zero attached hydrogens (tertiary/aromatic N) is 1. The van der Waals surface area contributed by atoms with E-state index in [0.717, 1.165) is 0 Å². The van der Waals surface area contributed by atoms with E-state index in [1.165, 1.54) is 6.07 Å². The molecule has 21 heavy (non-hydrogen) atoms. The highest BCUT2D eigenvalue weighted by Crippen LogP contribution is 2.24. The van der Waals surface area contributed by atoms with Crippen molar-refractivity contribution in [3.63, 3.8) is 0 Å². The largest absolute Gasteiger partial charge is 0.372 e. The monoisotopic (exact) mass is 286 g/mol. The van der Waals surface area contributed by atoms with Crippen LogP contribution in [0.15, 0.2) is 48.5 Å². The van der Waals surface area contributed by atoms with Gasteiger partial charge in [-0.25, -0.2) is 0 Å². The lowest BCUT2D eigenvalue weighted by atomic mass is 9.97. The van der Waals surface area contributed by atoms with Crippen molar-refractivity contribution in [2.24, 2.45) is 5.73 Å². The Bertz CT molecular complexity index is 654. The number of rotatable bonds is 3. The highest BCUT2D eigenvalue weighted by atomic mass is 16.6. The van der Waals surface area contributed by atoms with Crippen molar-refractivity contribution in [3.8, 4) is 0 Å². The highest BCUT2D eigenvalue weighted by molar-refractivity contribution is 6.12. The second-order valence-corrected chi connectivity index (χ2v) is 4.06. The van der Waals surface area contributed by atoms with E-state index in [4.69, 9.17) is 4.79 Å². The van der Waals surface area contributed by atoms with Gasteiger partial charge in [-0.05, 0) is 12.5 Å². The molecule has 2 N–H and O–H groups in total. The van der Waals surface area contributed by atoms with Gasteiger partial charge >= 0.3 is 0 Å². The van der Waals surface area contributed by atoms with Crippen molar-refractivity contribution in [1.29, 1.82) is 0 Å². The summed E-state index contributed by atoms with van der Waals surface area (Å²) in [7, 11) is 0. The first kappa shape index (κ1) is 16.0. The highest BCUT2D eigenvalue weighted by Gasteiger charge is 2.22. The van der Waals surface area contributed by atoms with E-state index in [2.05, 4.69) is 5.73 Å². The lowest BCUT2D eigenvalue weighted by Crippen LogP contribution is -2.07. The molecule has 0 fully saturated rings. The number of nitro benzene ring substituents is 1. The van der Waals surface area contributed by atoms with Gasteiger partial charge in [-0.1, -0.05) is 42.5 Å². The zero-order valence-electron chi connectivity index (χ0n) is 11.4. The summed E-state index contributed by atoms with van der Waals surface area (Å²) in [6, 6.07) is 13.2. The molecule has 0 saturated carbocycles. The summed E-state index contributed by atoms with van der Waals surface area (Å²) in [5.74, 6) is -0.319. The lowest BCUT2D eigenvalue weighted by molar-refractivity contribution is -0.385. The third-order valence-corrected chi connectivity index (χ3v) is 2.71. The Kier molecular flexibility index (Phi) is 5.76. The van der Waals surface area contributed by atoms with Crippen molar-refractivity contribution in [1.82, 2.24) is 0 Å². The Morgan fingerprint density at radius 3 is 2.24 bits per heavy atom. The van der Waals surface area contributed by atoms with Crippen molar-refractivity contribution in [2.75, 3.05) is 0 Å². The van der Waals surface area contributed by atoms with Crippen LogP contribution in [0.1, 0.15) is 21.5 Å². The molecule has 2 rings (SSSR count). The standard InChI is InChI=1S/C14H11NO3.CH3NO/c1-10-6-5-9-12(15(17)18)13(10)14(16)11-7-3-2-4-8-11;2-1-3/h2-9H,1H3;1H,(H2,2,3). The molecule has 1 amide bonds. The molecule has 0 unspecified atom stereocenters. The first-order chi connectivity index (χ1) is 10.0. The van der Waals surface area contributed by atoms with Crippen LogP contribution in [0.3, 0.4) is 0 Å². The van der Waals surface area contributed by atoms with Gasteiger partial charge in [0, 0.05) is 11.6 Å². The van der Waals surface area contributed by atoms with Crippen LogP contribution in [-0.4, -0.2) is 17.1 Å². The first-order valence-electron chi connectivity index (χ1n) is 6.02. The molecule has 2 aromatic rings. The van der Waals surface area contributed by atoms with E-state index in [1.807, 2.05) is 0 Å². The minimum absolute atomic E-state index is 0.149. The van der Waals surface area contributed by atoms with Gasteiger partial charge in [0.1, 0.15) is 5.56 Å². The van der Waals surface area contributed by atoms with Crippen LogP contribution >= 0.6 is 0 Å². The van der Waals surface area contributed by atoms with Crippen LogP contribution in [0.4, 0.5) is 5.69 Å². The Labute approximate surface area is 121 Å². The molecule has 0 spiro atoms. The molecule has 0 bridgehead atoms. The molecule has 6 heteroatoms. The first-order valence-corrected chi connectivity index (χ1v) is 6.02. The van der Waals surface area contributed by atoms with E-state index in [-0.39, 0.29) is 23.4 Å². The van der Waals surface area contributed by atoms with E-state index in [9.17, 15) is 14.9 Å². The maximum absolute atomic E-state index is 12.3. The predicted octanol–water partition coefficient (Wildman–Crippen LogP) is 2.24. The zero-order valence-corrected chi connectivity index (χ0v) is 11.4. The van der Waals surface area contributed by atoms with Crippen LogP contribution < -0.4 is 5.73 Å². The number of carbonyl (C=O) groups excluding carboxylic acids is 2. The van der Waals surface area contributed by atoms with Gasteiger partial charge in [-0.2, -0.15) is 0 Å². The van der Waals surface area contributed by atoms with Gasteiger partial charge < -0.3 is 5.73 Å². The fourth-order valence-electron chi connectivity index (χ4n) is 1.83. The summed E-state index contributed by atoms with van der Waals surface area (Å²) in [4.78, 5) is 31.3. The summed E-state index contributed by atoms with van der Waals surface area (Å²) in [6.07, 6.45) is 0.250. The normalized spacial score (nSPS) is 9.19. The molecular formula is C15H14N2O4. The summed E-state index contributed by atoms with van der Waals surface area (Å²) >= 11 is 0. The quantitative estimate of drug-likeness (QED) is 0.404. The molecule has 0 radical (unpaired) electrons. The summed E-state index contributed by atoms with van der Waals surface area (Å²) in [5, 5.41) is 11.0. The van der Waals surface area contributed by atoms with Crippen LogP contribution in [-0.2, 0) is 4.79 Å². The van der Waals surface area contributed by atoms with Gasteiger partial charge in [0.05, 0.1) is 4.92 Å². The average molecular weight is 286 g/mol. The molecule has 0 aromatic heterocycles. The SMILES string of the molecule is Cc1cccc([N+](=O)[O-])c1C(=O)c1ccccc1.NC=O. The number of nitrogens with two attached hydrogens (primary N) is 1. The third kappa shape index (κ3) is 3.97. The number of hydrogen-bond acceptors (Lipinski definition) is 4. The number of nitro groups is 1. The fraction of sp³-hybridized carbons (Fsp3) is 0.0667. The molecule has 0 aliphatic heterocycles. The van der Waals surface area contributed by atoms with Crippen LogP contribution in [0, 0.1) is 17.0 Å².